The zero-order valence-corrected chi connectivity index (χ0v) is 11.9. The first-order chi connectivity index (χ1) is 9.41. The van der Waals surface area contributed by atoms with Gasteiger partial charge in [0.15, 0.2) is 0 Å². The van der Waals surface area contributed by atoms with E-state index in [0.717, 1.165) is 0 Å². The molecular formula is C13H13N3O3S. The summed E-state index contributed by atoms with van der Waals surface area (Å²) in [6, 6.07) is 8.35. The first-order valence-corrected chi connectivity index (χ1v) is 7.49. The topological polar surface area (TPSA) is 96.0 Å². The number of aromatic nitrogens is 1. The van der Waals surface area contributed by atoms with Crippen LogP contribution >= 0.6 is 0 Å². The van der Waals surface area contributed by atoms with E-state index in [4.69, 9.17) is 9.78 Å². The lowest BCUT2D eigenvalue weighted by atomic mass is 10.2. The molecule has 7 heteroatoms. The summed E-state index contributed by atoms with van der Waals surface area (Å²) in [5.41, 5.74) is 2.38. The van der Waals surface area contributed by atoms with Crippen molar-refractivity contribution in [1.29, 1.82) is 5.26 Å². The molecule has 0 aliphatic carbocycles. The molecule has 0 radical (unpaired) electrons. The summed E-state index contributed by atoms with van der Waals surface area (Å²) in [6.07, 6.45) is 0. The molecule has 1 heterocycles. The van der Waals surface area contributed by atoms with Crippen LogP contribution in [-0.4, -0.2) is 13.6 Å². The van der Waals surface area contributed by atoms with E-state index in [-0.39, 0.29) is 11.6 Å². The fourth-order valence-corrected chi connectivity index (χ4v) is 2.76. The van der Waals surface area contributed by atoms with Crippen LogP contribution in [0.25, 0.3) is 0 Å². The highest BCUT2D eigenvalue weighted by Gasteiger charge is 2.17. The van der Waals surface area contributed by atoms with E-state index in [1.54, 1.807) is 38.1 Å². The molecule has 0 bridgehead atoms. The predicted molar refractivity (Wildman–Crippen MR) is 73.4 cm³/mol. The molecule has 0 saturated heterocycles. The monoisotopic (exact) mass is 291 g/mol. The van der Waals surface area contributed by atoms with Crippen molar-refractivity contribution >= 4 is 15.9 Å². The summed E-state index contributed by atoms with van der Waals surface area (Å²) >= 11 is 0. The number of nitrogens with one attached hydrogen (secondary N) is 1. The Morgan fingerprint density at radius 2 is 1.95 bits per heavy atom. The van der Waals surface area contributed by atoms with Gasteiger partial charge in [-0.1, -0.05) is 17.3 Å². The lowest BCUT2D eigenvalue weighted by molar-refractivity contribution is 0.430. The molecule has 20 heavy (non-hydrogen) atoms. The third kappa shape index (κ3) is 3.16. The molecule has 0 fully saturated rings. The molecule has 0 aliphatic heterocycles. The van der Waals surface area contributed by atoms with E-state index in [1.807, 2.05) is 6.07 Å². The molecule has 0 saturated carbocycles. The summed E-state index contributed by atoms with van der Waals surface area (Å²) in [4.78, 5) is 0. The largest absolute Gasteiger partial charge is 0.337 e. The van der Waals surface area contributed by atoms with E-state index >= 15 is 0 Å². The fourth-order valence-electron chi connectivity index (χ4n) is 1.58. The molecule has 0 aliphatic rings. The minimum absolute atomic E-state index is 0.135. The maximum atomic E-state index is 12.0. The summed E-state index contributed by atoms with van der Waals surface area (Å²) < 4.78 is 31.3. The van der Waals surface area contributed by atoms with E-state index < -0.39 is 10.0 Å². The van der Waals surface area contributed by atoms with Gasteiger partial charge < -0.3 is 4.52 Å². The van der Waals surface area contributed by atoms with Crippen molar-refractivity contribution in [3.05, 3.63) is 46.6 Å². The minimum atomic E-state index is -3.58. The molecule has 1 aromatic heterocycles. The first kappa shape index (κ1) is 14.1. The van der Waals surface area contributed by atoms with Crippen LogP contribution < -0.4 is 4.72 Å². The highest BCUT2D eigenvalue weighted by Crippen LogP contribution is 2.20. The number of sulfonamides is 1. The third-order valence-corrected chi connectivity index (χ3v) is 4.05. The second-order valence-corrected chi connectivity index (χ2v) is 6.11. The van der Waals surface area contributed by atoms with Gasteiger partial charge >= 0.3 is 0 Å². The molecule has 1 N–H and O–H groups in total. The van der Waals surface area contributed by atoms with Crippen molar-refractivity contribution in [2.75, 3.05) is 4.72 Å². The van der Waals surface area contributed by atoms with Gasteiger partial charge in [-0.25, -0.2) is 8.42 Å². The molecule has 0 spiro atoms. The van der Waals surface area contributed by atoms with Gasteiger partial charge in [-0.3, -0.25) is 4.72 Å². The summed E-state index contributed by atoms with van der Waals surface area (Å²) in [5, 5.41) is 12.4. The zero-order valence-electron chi connectivity index (χ0n) is 11.0. The van der Waals surface area contributed by atoms with Crippen molar-refractivity contribution in [2.45, 2.75) is 19.6 Å². The Balaban J connectivity index is 2.15. The Morgan fingerprint density at radius 3 is 2.45 bits per heavy atom. The number of hydrogen-bond donors (Lipinski definition) is 1. The lowest BCUT2D eigenvalue weighted by Gasteiger charge is -2.05. The third-order valence-electron chi connectivity index (χ3n) is 2.85. The van der Waals surface area contributed by atoms with Crippen LogP contribution in [0.1, 0.15) is 22.4 Å². The maximum absolute atomic E-state index is 12.0. The summed E-state index contributed by atoms with van der Waals surface area (Å²) in [5.74, 6) is -0.0612. The van der Waals surface area contributed by atoms with Crippen LogP contribution in [-0.2, 0) is 15.8 Å². The van der Waals surface area contributed by atoms with Crippen LogP contribution in [0.15, 0.2) is 28.8 Å². The number of anilines is 1. The van der Waals surface area contributed by atoms with Crippen LogP contribution in [0.5, 0.6) is 0 Å². The SMILES string of the molecule is Cc1noc(NS(=O)(=O)Cc2ccc(C#N)cc2)c1C. The Labute approximate surface area is 117 Å². The van der Waals surface area contributed by atoms with Crippen molar-refractivity contribution < 1.29 is 12.9 Å². The minimum Gasteiger partial charge on any atom is -0.337 e. The Hall–Kier alpha value is -2.33. The van der Waals surface area contributed by atoms with Gasteiger partial charge in [0, 0.05) is 5.56 Å². The number of nitrogens with zero attached hydrogens (tertiary/aromatic N) is 2. The predicted octanol–water partition coefficient (Wildman–Crippen LogP) is 2.11. The smallest absolute Gasteiger partial charge is 0.241 e. The Bertz CT molecular complexity index is 755. The van der Waals surface area contributed by atoms with Gasteiger partial charge in [0.25, 0.3) is 0 Å². The standard InChI is InChI=1S/C13H13N3O3S/c1-9-10(2)15-19-13(9)16-20(17,18)8-12-5-3-11(7-14)4-6-12/h3-6,16H,8H2,1-2H3. The second kappa shape index (κ2) is 5.35. The molecule has 0 amide bonds. The molecule has 0 unspecified atom stereocenters. The maximum Gasteiger partial charge on any atom is 0.241 e. The van der Waals surface area contributed by atoms with E-state index in [1.165, 1.54) is 0 Å². The molecule has 0 atom stereocenters. The van der Waals surface area contributed by atoms with Crippen LogP contribution in [0.2, 0.25) is 0 Å². The number of nitriles is 1. The normalized spacial score (nSPS) is 11.1. The van der Waals surface area contributed by atoms with Gasteiger partial charge in [-0.15, -0.1) is 0 Å². The van der Waals surface area contributed by atoms with Crippen LogP contribution in [0.3, 0.4) is 0 Å². The van der Waals surface area contributed by atoms with E-state index in [0.29, 0.717) is 22.4 Å². The molecule has 104 valence electrons. The molecule has 6 nitrogen and oxygen atoms in total. The fraction of sp³-hybridized carbons (Fsp3) is 0.231. The molecule has 2 aromatic rings. The van der Waals surface area contributed by atoms with Crippen molar-refractivity contribution in [2.24, 2.45) is 0 Å². The van der Waals surface area contributed by atoms with Gasteiger partial charge in [0.05, 0.1) is 23.1 Å². The van der Waals surface area contributed by atoms with E-state index in [2.05, 4.69) is 9.88 Å². The van der Waals surface area contributed by atoms with Gasteiger partial charge in [-0.05, 0) is 31.5 Å². The number of benzene rings is 1. The molecule has 2 rings (SSSR count). The van der Waals surface area contributed by atoms with Crippen molar-refractivity contribution in [3.63, 3.8) is 0 Å². The summed E-state index contributed by atoms with van der Waals surface area (Å²) in [7, 11) is -3.58. The Kier molecular flexibility index (Phi) is 3.77. The summed E-state index contributed by atoms with van der Waals surface area (Å²) in [6.45, 7) is 3.46. The highest BCUT2D eigenvalue weighted by molar-refractivity contribution is 7.91. The van der Waals surface area contributed by atoms with Gasteiger partial charge in [-0.2, -0.15) is 5.26 Å². The second-order valence-electron chi connectivity index (χ2n) is 4.39. The van der Waals surface area contributed by atoms with Crippen LogP contribution in [0.4, 0.5) is 5.88 Å². The average molecular weight is 291 g/mol. The average Bonchev–Trinajstić information content (AvgIpc) is 2.71. The first-order valence-electron chi connectivity index (χ1n) is 5.83. The van der Waals surface area contributed by atoms with Crippen LogP contribution in [0, 0.1) is 25.2 Å². The highest BCUT2D eigenvalue weighted by atomic mass is 32.2. The van der Waals surface area contributed by atoms with E-state index in [9.17, 15) is 8.42 Å². The number of rotatable bonds is 4. The molecule has 1 aromatic carbocycles. The number of hydrogen-bond acceptors (Lipinski definition) is 5. The number of aryl methyl sites for hydroxylation is 1. The van der Waals surface area contributed by atoms with Gasteiger partial charge in [0.1, 0.15) is 0 Å². The zero-order chi connectivity index (χ0) is 14.8. The van der Waals surface area contributed by atoms with Gasteiger partial charge in [0.2, 0.25) is 15.9 Å². The quantitative estimate of drug-likeness (QED) is 0.930. The van der Waals surface area contributed by atoms with Crippen molar-refractivity contribution in [1.82, 2.24) is 5.16 Å². The lowest BCUT2D eigenvalue weighted by Crippen LogP contribution is -2.15. The van der Waals surface area contributed by atoms with Crippen molar-refractivity contribution in [3.8, 4) is 6.07 Å². The Morgan fingerprint density at radius 1 is 1.30 bits per heavy atom. The molecular weight excluding hydrogens is 278 g/mol.